The van der Waals surface area contributed by atoms with Crippen molar-refractivity contribution in [3.63, 3.8) is 0 Å². The van der Waals surface area contributed by atoms with E-state index in [4.69, 9.17) is 13.9 Å². The van der Waals surface area contributed by atoms with Gasteiger partial charge in [0.2, 0.25) is 0 Å². The highest BCUT2D eigenvalue weighted by Crippen LogP contribution is 2.29. The van der Waals surface area contributed by atoms with Crippen molar-refractivity contribution in [1.82, 2.24) is 4.98 Å². The molecule has 0 aliphatic carbocycles. The number of hydrogen-bond donors (Lipinski definition) is 0. The Morgan fingerprint density at radius 3 is 3.09 bits per heavy atom. The largest absolute Gasteiger partial charge is 0.486 e. The molecule has 0 fully saturated rings. The van der Waals surface area contributed by atoms with Crippen LogP contribution in [0.5, 0.6) is 5.75 Å². The van der Waals surface area contributed by atoms with Crippen LogP contribution >= 0.6 is 0 Å². The molecule has 0 radical (unpaired) electrons. The van der Waals surface area contributed by atoms with E-state index in [1.807, 2.05) is 13.8 Å². The van der Waals surface area contributed by atoms with Gasteiger partial charge in [-0.2, -0.15) is 0 Å². The zero-order valence-corrected chi connectivity index (χ0v) is 12.3. The molecule has 1 aromatic heterocycles. The summed E-state index contributed by atoms with van der Waals surface area (Å²) in [6.07, 6.45) is 1.43. The van der Waals surface area contributed by atoms with Gasteiger partial charge in [-0.1, -0.05) is 13.8 Å². The molecule has 0 N–H and O–H groups in total. The Kier molecular flexibility index (Phi) is 3.83. The highest BCUT2D eigenvalue weighted by Gasteiger charge is 2.26. The minimum atomic E-state index is -0.539. The van der Waals surface area contributed by atoms with Crippen molar-refractivity contribution in [2.75, 3.05) is 6.61 Å². The Labute approximate surface area is 127 Å². The fourth-order valence-corrected chi connectivity index (χ4v) is 2.44. The van der Waals surface area contributed by atoms with Crippen LogP contribution < -0.4 is 4.74 Å². The van der Waals surface area contributed by atoms with E-state index >= 15 is 0 Å². The third-order valence-electron chi connectivity index (χ3n) is 3.48. The minimum absolute atomic E-state index is 0.0417. The zero-order valence-electron chi connectivity index (χ0n) is 12.3. The molecule has 2 aromatic rings. The van der Waals surface area contributed by atoms with Crippen molar-refractivity contribution in [3.05, 3.63) is 47.4 Å². The van der Waals surface area contributed by atoms with Gasteiger partial charge in [0.25, 0.3) is 0 Å². The fourth-order valence-electron chi connectivity index (χ4n) is 2.44. The third-order valence-corrected chi connectivity index (χ3v) is 3.48. The number of benzene rings is 1. The second-order valence-electron chi connectivity index (χ2n) is 5.51. The van der Waals surface area contributed by atoms with Gasteiger partial charge in [0.05, 0.1) is 0 Å². The molecule has 3 rings (SSSR count). The van der Waals surface area contributed by atoms with Gasteiger partial charge >= 0.3 is 5.97 Å². The Balaban J connectivity index is 1.60. The Hall–Kier alpha value is -2.37. The van der Waals surface area contributed by atoms with Gasteiger partial charge in [-0.25, -0.2) is 14.2 Å². The number of fused-ring (bicyclic) bond motifs is 1. The SMILES string of the molecule is CC(C)c1ocnc1C(=O)OCC1Cc2cc(F)ccc2O1. The molecule has 22 heavy (non-hydrogen) atoms. The average Bonchev–Trinajstić information content (AvgIpc) is 3.10. The third kappa shape index (κ3) is 2.81. The molecule has 1 aliphatic heterocycles. The van der Waals surface area contributed by atoms with Crippen LogP contribution in [0.1, 0.15) is 41.6 Å². The summed E-state index contributed by atoms with van der Waals surface area (Å²) in [6.45, 7) is 3.89. The second kappa shape index (κ2) is 5.79. The lowest BCUT2D eigenvalue weighted by atomic mass is 10.1. The van der Waals surface area contributed by atoms with Gasteiger partial charge in [0.1, 0.15) is 30.0 Å². The molecule has 5 nitrogen and oxygen atoms in total. The molecule has 6 heteroatoms. The van der Waals surface area contributed by atoms with Crippen molar-refractivity contribution in [2.45, 2.75) is 32.3 Å². The smallest absolute Gasteiger partial charge is 0.360 e. The number of hydrogen-bond acceptors (Lipinski definition) is 5. The van der Waals surface area contributed by atoms with Crippen molar-refractivity contribution in [1.29, 1.82) is 0 Å². The maximum Gasteiger partial charge on any atom is 0.360 e. The molecular weight excluding hydrogens is 289 g/mol. The van der Waals surface area contributed by atoms with Gasteiger partial charge in [0.15, 0.2) is 12.1 Å². The van der Waals surface area contributed by atoms with Crippen LogP contribution in [0.15, 0.2) is 29.0 Å². The Morgan fingerprint density at radius 1 is 1.50 bits per heavy atom. The first kappa shape index (κ1) is 14.6. The molecule has 0 bridgehead atoms. The first-order valence-electron chi connectivity index (χ1n) is 7.10. The fraction of sp³-hybridized carbons (Fsp3) is 0.375. The van der Waals surface area contributed by atoms with Crippen LogP contribution in [0.25, 0.3) is 0 Å². The van der Waals surface area contributed by atoms with Gasteiger partial charge in [0, 0.05) is 17.9 Å². The summed E-state index contributed by atoms with van der Waals surface area (Å²) >= 11 is 0. The number of ether oxygens (including phenoxy) is 2. The van der Waals surface area contributed by atoms with Crippen LogP contribution in [0, 0.1) is 5.82 Å². The minimum Gasteiger partial charge on any atom is -0.486 e. The molecule has 0 spiro atoms. The molecule has 0 amide bonds. The zero-order chi connectivity index (χ0) is 15.7. The lowest BCUT2D eigenvalue weighted by Gasteiger charge is -2.11. The van der Waals surface area contributed by atoms with Crippen LogP contribution in [0.3, 0.4) is 0 Å². The predicted octanol–water partition coefficient (Wildman–Crippen LogP) is 3.10. The Bertz CT molecular complexity index is 695. The Morgan fingerprint density at radius 2 is 2.32 bits per heavy atom. The summed E-state index contributed by atoms with van der Waals surface area (Å²) in [5, 5.41) is 0. The monoisotopic (exact) mass is 305 g/mol. The van der Waals surface area contributed by atoms with Crippen LogP contribution in [-0.2, 0) is 11.2 Å². The van der Waals surface area contributed by atoms with E-state index in [0.717, 1.165) is 5.56 Å². The molecule has 1 atom stereocenters. The van der Waals surface area contributed by atoms with E-state index < -0.39 is 5.97 Å². The number of carbonyl (C=O) groups is 1. The number of oxazole rings is 1. The summed E-state index contributed by atoms with van der Waals surface area (Å²) in [5.41, 5.74) is 0.974. The van der Waals surface area contributed by atoms with Crippen LogP contribution in [0.2, 0.25) is 0 Å². The number of aromatic nitrogens is 1. The van der Waals surface area contributed by atoms with E-state index in [1.54, 1.807) is 6.07 Å². The van der Waals surface area contributed by atoms with Crippen molar-refractivity contribution >= 4 is 5.97 Å². The second-order valence-corrected chi connectivity index (χ2v) is 5.51. The highest BCUT2D eigenvalue weighted by atomic mass is 19.1. The molecule has 2 heterocycles. The number of rotatable bonds is 4. The van der Waals surface area contributed by atoms with Crippen molar-refractivity contribution < 1.29 is 23.1 Å². The van der Waals surface area contributed by atoms with E-state index in [9.17, 15) is 9.18 Å². The molecular formula is C16H16FNO4. The van der Waals surface area contributed by atoms with Crippen molar-refractivity contribution in [2.24, 2.45) is 0 Å². The lowest BCUT2D eigenvalue weighted by molar-refractivity contribution is 0.0338. The molecule has 1 aliphatic rings. The maximum atomic E-state index is 13.1. The van der Waals surface area contributed by atoms with E-state index in [1.165, 1.54) is 18.5 Å². The summed E-state index contributed by atoms with van der Waals surface area (Å²) in [7, 11) is 0. The van der Waals surface area contributed by atoms with Crippen LogP contribution in [0.4, 0.5) is 4.39 Å². The topological polar surface area (TPSA) is 61.6 Å². The summed E-state index contributed by atoms with van der Waals surface area (Å²) < 4.78 is 29.2. The molecule has 116 valence electrons. The lowest BCUT2D eigenvalue weighted by Crippen LogP contribution is -2.23. The molecule has 0 saturated heterocycles. The summed E-state index contributed by atoms with van der Waals surface area (Å²) in [6, 6.07) is 4.37. The summed E-state index contributed by atoms with van der Waals surface area (Å²) in [5.74, 6) is 0.335. The molecule has 0 saturated carbocycles. The number of halogens is 1. The molecule has 1 aromatic carbocycles. The van der Waals surface area contributed by atoms with E-state index in [-0.39, 0.29) is 30.1 Å². The predicted molar refractivity (Wildman–Crippen MR) is 75.4 cm³/mol. The van der Waals surface area contributed by atoms with Gasteiger partial charge in [-0.15, -0.1) is 0 Å². The maximum absolute atomic E-state index is 13.1. The highest BCUT2D eigenvalue weighted by molar-refractivity contribution is 5.88. The standard InChI is InChI=1S/C16H16FNO4/c1-9(2)15-14(18-8-21-15)16(19)20-7-12-6-10-5-11(17)3-4-13(10)22-12/h3-5,8-9,12H,6-7H2,1-2H3. The van der Waals surface area contributed by atoms with Gasteiger partial charge in [-0.3, -0.25) is 0 Å². The number of esters is 1. The van der Waals surface area contributed by atoms with E-state index in [0.29, 0.717) is 17.9 Å². The van der Waals surface area contributed by atoms with E-state index in [2.05, 4.69) is 4.98 Å². The van der Waals surface area contributed by atoms with Gasteiger partial charge < -0.3 is 13.9 Å². The first-order valence-corrected chi connectivity index (χ1v) is 7.10. The van der Waals surface area contributed by atoms with Gasteiger partial charge in [-0.05, 0) is 18.2 Å². The normalized spacial score (nSPS) is 16.5. The molecule has 1 unspecified atom stereocenters. The summed E-state index contributed by atoms with van der Waals surface area (Å²) in [4.78, 5) is 16.0. The van der Waals surface area contributed by atoms with Crippen LogP contribution in [-0.4, -0.2) is 23.7 Å². The number of carbonyl (C=O) groups excluding carboxylic acids is 1. The average molecular weight is 305 g/mol. The quantitative estimate of drug-likeness (QED) is 0.812. The first-order chi connectivity index (χ1) is 10.5. The van der Waals surface area contributed by atoms with Crippen molar-refractivity contribution in [3.8, 4) is 5.75 Å². The number of nitrogens with zero attached hydrogens (tertiary/aromatic N) is 1.